The van der Waals surface area contributed by atoms with Crippen LogP contribution in [0.1, 0.15) is 51.8 Å². The average molecular weight is 278 g/mol. The third-order valence-electron chi connectivity index (χ3n) is 3.46. The summed E-state index contributed by atoms with van der Waals surface area (Å²) in [5, 5.41) is 9.36. The summed E-state index contributed by atoms with van der Waals surface area (Å²) in [5.41, 5.74) is 1.93. The van der Waals surface area contributed by atoms with E-state index in [0.717, 1.165) is 30.2 Å². The lowest BCUT2D eigenvalue weighted by Crippen LogP contribution is -2.28. The molecule has 1 heterocycles. The van der Waals surface area contributed by atoms with E-state index in [0.29, 0.717) is 11.8 Å². The molecule has 1 aromatic heterocycles. The third-order valence-corrected chi connectivity index (χ3v) is 3.46. The van der Waals surface area contributed by atoms with Crippen LogP contribution in [0.2, 0.25) is 0 Å². The van der Waals surface area contributed by atoms with Crippen LogP contribution in [0.5, 0.6) is 0 Å². The summed E-state index contributed by atoms with van der Waals surface area (Å²) in [6.45, 7) is 13.2. The van der Waals surface area contributed by atoms with E-state index in [1.165, 1.54) is 12.8 Å². The molecular weight excluding hydrogens is 248 g/mol. The van der Waals surface area contributed by atoms with E-state index in [-0.39, 0.29) is 6.61 Å². The molecule has 0 aromatic carbocycles. The molecule has 0 unspecified atom stereocenters. The van der Waals surface area contributed by atoms with Crippen molar-refractivity contribution in [3.05, 3.63) is 23.4 Å². The van der Waals surface area contributed by atoms with E-state index < -0.39 is 0 Å². The van der Waals surface area contributed by atoms with Crippen molar-refractivity contribution in [1.29, 1.82) is 0 Å². The zero-order valence-electron chi connectivity index (χ0n) is 13.7. The summed E-state index contributed by atoms with van der Waals surface area (Å²) in [6.07, 6.45) is 2.34. The Morgan fingerprint density at radius 2 is 1.60 bits per heavy atom. The molecule has 0 saturated heterocycles. The number of aliphatic hydroxyl groups is 1. The fourth-order valence-electron chi connectivity index (χ4n) is 2.14. The smallest absolute Gasteiger partial charge is 0.129 e. The molecule has 0 fully saturated rings. The lowest BCUT2D eigenvalue weighted by atomic mass is 10.1. The number of nitrogens with zero attached hydrogens (tertiary/aromatic N) is 2. The van der Waals surface area contributed by atoms with Gasteiger partial charge in [-0.2, -0.15) is 0 Å². The van der Waals surface area contributed by atoms with E-state index in [1.807, 2.05) is 19.1 Å². The van der Waals surface area contributed by atoms with Gasteiger partial charge in [0.15, 0.2) is 0 Å². The predicted molar refractivity (Wildman–Crippen MR) is 86.0 cm³/mol. The van der Waals surface area contributed by atoms with Crippen LogP contribution in [0, 0.1) is 18.8 Å². The maximum atomic E-state index is 9.36. The molecule has 20 heavy (non-hydrogen) atoms. The van der Waals surface area contributed by atoms with Crippen LogP contribution in [0.4, 0.5) is 5.82 Å². The fourth-order valence-corrected chi connectivity index (χ4v) is 2.14. The van der Waals surface area contributed by atoms with Crippen molar-refractivity contribution in [2.45, 2.75) is 54.1 Å². The quantitative estimate of drug-likeness (QED) is 0.786. The van der Waals surface area contributed by atoms with E-state index in [2.05, 4.69) is 37.6 Å². The van der Waals surface area contributed by atoms with Gasteiger partial charge in [-0.25, -0.2) is 4.98 Å². The Bertz CT molecular complexity index is 390. The molecule has 0 aliphatic heterocycles. The van der Waals surface area contributed by atoms with Crippen molar-refractivity contribution < 1.29 is 5.11 Å². The molecule has 1 aromatic rings. The highest BCUT2D eigenvalue weighted by Gasteiger charge is 2.11. The van der Waals surface area contributed by atoms with Crippen molar-refractivity contribution in [3.63, 3.8) is 0 Å². The first-order chi connectivity index (χ1) is 9.42. The van der Waals surface area contributed by atoms with E-state index in [9.17, 15) is 5.11 Å². The number of aromatic nitrogens is 1. The van der Waals surface area contributed by atoms with Crippen molar-refractivity contribution in [2.24, 2.45) is 11.8 Å². The maximum Gasteiger partial charge on any atom is 0.129 e. The third kappa shape index (κ3) is 5.91. The summed E-state index contributed by atoms with van der Waals surface area (Å²) in [6, 6.07) is 3.97. The monoisotopic (exact) mass is 278 g/mol. The Kier molecular flexibility index (Phi) is 7.00. The van der Waals surface area contributed by atoms with Gasteiger partial charge in [0.05, 0.1) is 6.61 Å². The minimum absolute atomic E-state index is 0.0819. The summed E-state index contributed by atoms with van der Waals surface area (Å²) < 4.78 is 0. The van der Waals surface area contributed by atoms with Gasteiger partial charge >= 0.3 is 0 Å². The van der Waals surface area contributed by atoms with Gasteiger partial charge in [0.25, 0.3) is 0 Å². The molecule has 0 saturated carbocycles. The minimum Gasteiger partial charge on any atom is -0.392 e. The SMILES string of the molecule is Cc1cc(CO)cc(N(CCC(C)C)CCC(C)C)n1. The van der Waals surface area contributed by atoms with Gasteiger partial charge in [-0.05, 0) is 49.3 Å². The van der Waals surface area contributed by atoms with Crippen LogP contribution in [-0.2, 0) is 6.61 Å². The highest BCUT2D eigenvalue weighted by molar-refractivity contribution is 5.42. The standard InChI is InChI=1S/C17H30N2O/c1-13(2)6-8-19(9-7-14(3)4)17-11-16(12-20)10-15(5)18-17/h10-11,13-14,20H,6-9,12H2,1-5H3. The molecule has 3 heteroatoms. The van der Waals surface area contributed by atoms with Crippen LogP contribution in [0.15, 0.2) is 12.1 Å². The van der Waals surface area contributed by atoms with Gasteiger partial charge in [0.2, 0.25) is 0 Å². The summed E-state index contributed by atoms with van der Waals surface area (Å²) in [4.78, 5) is 7.02. The summed E-state index contributed by atoms with van der Waals surface area (Å²) >= 11 is 0. The highest BCUT2D eigenvalue weighted by atomic mass is 16.3. The summed E-state index contributed by atoms with van der Waals surface area (Å²) in [5.74, 6) is 2.40. The molecule has 1 rings (SSSR count). The first kappa shape index (κ1) is 17.0. The van der Waals surface area contributed by atoms with Crippen molar-refractivity contribution in [1.82, 2.24) is 4.98 Å². The number of hydrogen-bond donors (Lipinski definition) is 1. The average Bonchev–Trinajstić information content (AvgIpc) is 2.37. The van der Waals surface area contributed by atoms with Crippen LogP contribution in [0.25, 0.3) is 0 Å². The van der Waals surface area contributed by atoms with Gasteiger partial charge in [-0.1, -0.05) is 27.7 Å². The number of hydrogen-bond acceptors (Lipinski definition) is 3. The molecule has 0 radical (unpaired) electrons. The predicted octanol–water partition coefficient (Wildman–Crippen LogP) is 3.78. The number of aryl methyl sites for hydroxylation is 1. The molecule has 3 nitrogen and oxygen atoms in total. The Hall–Kier alpha value is -1.09. The highest BCUT2D eigenvalue weighted by Crippen LogP contribution is 2.18. The topological polar surface area (TPSA) is 36.4 Å². The molecule has 114 valence electrons. The zero-order valence-corrected chi connectivity index (χ0v) is 13.7. The molecule has 0 spiro atoms. The number of anilines is 1. The number of rotatable bonds is 8. The Balaban J connectivity index is 2.86. The molecule has 0 aliphatic rings. The molecular formula is C17H30N2O. The van der Waals surface area contributed by atoms with E-state index in [4.69, 9.17) is 0 Å². The van der Waals surface area contributed by atoms with Gasteiger partial charge in [-0.3, -0.25) is 0 Å². The number of aliphatic hydroxyl groups excluding tert-OH is 1. The van der Waals surface area contributed by atoms with Crippen LogP contribution in [-0.4, -0.2) is 23.2 Å². The number of pyridine rings is 1. The molecule has 0 aliphatic carbocycles. The van der Waals surface area contributed by atoms with Gasteiger partial charge < -0.3 is 10.0 Å². The Morgan fingerprint density at radius 1 is 1.05 bits per heavy atom. The maximum absolute atomic E-state index is 9.36. The first-order valence-electron chi connectivity index (χ1n) is 7.75. The van der Waals surface area contributed by atoms with Gasteiger partial charge in [-0.15, -0.1) is 0 Å². The van der Waals surface area contributed by atoms with Gasteiger partial charge in [0.1, 0.15) is 5.82 Å². The van der Waals surface area contributed by atoms with Crippen LogP contribution >= 0.6 is 0 Å². The molecule has 0 atom stereocenters. The summed E-state index contributed by atoms with van der Waals surface area (Å²) in [7, 11) is 0. The first-order valence-corrected chi connectivity index (χ1v) is 7.75. The van der Waals surface area contributed by atoms with E-state index in [1.54, 1.807) is 0 Å². The lowest BCUT2D eigenvalue weighted by Gasteiger charge is -2.26. The minimum atomic E-state index is 0.0819. The largest absolute Gasteiger partial charge is 0.392 e. The van der Waals surface area contributed by atoms with E-state index >= 15 is 0 Å². The van der Waals surface area contributed by atoms with Crippen molar-refractivity contribution in [2.75, 3.05) is 18.0 Å². The van der Waals surface area contributed by atoms with Crippen molar-refractivity contribution in [3.8, 4) is 0 Å². The Labute approximate surface area is 124 Å². The lowest BCUT2D eigenvalue weighted by molar-refractivity contribution is 0.281. The second kappa shape index (κ2) is 8.25. The van der Waals surface area contributed by atoms with Crippen molar-refractivity contribution >= 4 is 5.82 Å². The zero-order chi connectivity index (χ0) is 15.1. The fraction of sp³-hybridized carbons (Fsp3) is 0.706. The second-order valence-corrected chi connectivity index (χ2v) is 6.49. The van der Waals surface area contributed by atoms with Crippen LogP contribution in [0.3, 0.4) is 0 Å². The molecule has 1 N–H and O–H groups in total. The molecule has 0 amide bonds. The molecule has 0 bridgehead atoms. The van der Waals surface area contributed by atoms with Crippen LogP contribution < -0.4 is 4.90 Å². The Morgan fingerprint density at radius 3 is 2.05 bits per heavy atom. The normalized spacial score (nSPS) is 11.4. The second-order valence-electron chi connectivity index (χ2n) is 6.49. The van der Waals surface area contributed by atoms with Gasteiger partial charge in [0, 0.05) is 18.8 Å².